The van der Waals surface area contributed by atoms with Gasteiger partial charge >= 0.3 is 0 Å². The molecule has 1 heterocycles. The molecule has 0 aliphatic heterocycles. The van der Waals surface area contributed by atoms with Crippen LogP contribution in [-0.4, -0.2) is 9.97 Å². The highest BCUT2D eigenvalue weighted by Crippen LogP contribution is 2.19. The Balaban J connectivity index is 2.17. The van der Waals surface area contributed by atoms with Gasteiger partial charge in [-0.15, -0.1) is 0 Å². The van der Waals surface area contributed by atoms with Crippen LogP contribution in [0.5, 0.6) is 0 Å². The van der Waals surface area contributed by atoms with Crippen molar-refractivity contribution in [1.29, 1.82) is 0 Å². The topological polar surface area (TPSA) is 25.8 Å². The van der Waals surface area contributed by atoms with E-state index in [0.717, 1.165) is 11.3 Å². The molecule has 0 N–H and O–H groups in total. The van der Waals surface area contributed by atoms with Crippen LogP contribution >= 0.6 is 0 Å². The molecule has 1 aromatic heterocycles. The third-order valence-corrected chi connectivity index (χ3v) is 2.57. The number of fused-ring (bicyclic) bond motifs is 1. The van der Waals surface area contributed by atoms with Crippen LogP contribution in [0.25, 0.3) is 22.3 Å². The van der Waals surface area contributed by atoms with E-state index < -0.39 is 0 Å². The van der Waals surface area contributed by atoms with Crippen LogP contribution in [0.1, 0.15) is 0 Å². The van der Waals surface area contributed by atoms with Crippen LogP contribution in [0, 0.1) is 5.82 Å². The molecule has 0 saturated heterocycles. The highest BCUT2D eigenvalue weighted by Gasteiger charge is 2.02. The zero-order valence-corrected chi connectivity index (χ0v) is 8.97. The lowest BCUT2D eigenvalue weighted by Gasteiger charge is -2.02. The lowest BCUT2D eigenvalue weighted by molar-refractivity contribution is 0.629. The first kappa shape index (κ1) is 9.90. The van der Waals surface area contributed by atoms with E-state index >= 15 is 0 Å². The quantitative estimate of drug-likeness (QED) is 0.632. The fourth-order valence-electron chi connectivity index (χ4n) is 1.73. The van der Waals surface area contributed by atoms with Gasteiger partial charge in [0.25, 0.3) is 0 Å². The van der Waals surface area contributed by atoms with Crippen molar-refractivity contribution in [1.82, 2.24) is 9.97 Å². The summed E-state index contributed by atoms with van der Waals surface area (Å²) >= 11 is 0. The van der Waals surface area contributed by atoms with Crippen molar-refractivity contribution < 1.29 is 4.39 Å². The van der Waals surface area contributed by atoms with Crippen LogP contribution < -0.4 is 0 Å². The van der Waals surface area contributed by atoms with Gasteiger partial charge < -0.3 is 0 Å². The van der Waals surface area contributed by atoms with E-state index in [-0.39, 0.29) is 5.82 Å². The Labute approximate surface area is 97.8 Å². The van der Waals surface area contributed by atoms with Gasteiger partial charge in [-0.05, 0) is 12.1 Å². The standard InChI is InChI=1S/C14H9FN2/c15-11-6-7-12-13(8-11)16-9-14(17-12)10-4-2-1-3-5-10/h1-9H. The molecular weight excluding hydrogens is 215 g/mol. The molecule has 0 saturated carbocycles. The average molecular weight is 224 g/mol. The number of nitrogens with zero attached hydrogens (tertiary/aromatic N) is 2. The van der Waals surface area contributed by atoms with Crippen molar-refractivity contribution in [3.8, 4) is 11.3 Å². The lowest BCUT2D eigenvalue weighted by Crippen LogP contribution is -1.89. The third kappa shape index (κ3) is 1.87. The summed E-state index contributed by atoms with van der Waals surface area (Å²) in [5.41, 5.74) is 3.08. The van der Waals surface area contributed by atoms with Crippen molar-refractivity contribution in [2.45, 2.75) is 0 Å². The minimum atomic E-state index is -0.292. The second-order valence-electron chi connectivity index (χ2n) is 3.75. The van der Waals surface area contributed by atoms with E-state index in [1.807, 2.05) is 30.3 Å². The molecular formula is C14H9FN2. The number of halogens is 1. The van der Waals surface area contributed by atoms with E-state index in [1.165, 1.54) is 12.1 Å². The lowest BCUT2D eigenvalue weighted by atomic mass is 10.1. The van der Waals surface area contributed by atoms with E-state index in [4.69, 9.17) is 0 Å². The van der Waals surface area contributed by atoms with Gasteiger partial charge in [-0.25, -0.2) is 9.37 Å². The molecule has 3 aromatic rings. The van der Waals surface area contributed by atoms with Gasteiger partial charge in [-0.3, -0.25) is 4.98 Å². The second kappa shape index (κ2) is 3.94. The zero-order valence-electron chi connectivity index (χ0n) is 8.97. The first-order chi connectivity index (χ1) is 8.33. The summed E-state index contributed by atoms with van der Waals surface area (Å²) in [6, 6.07) is 14.2. The zero-order chi connectivity index (χ0) is 11.7. The minimum Gasteiger partial charge on any atom is -0.252 e. The van der Waals surface area contributed by atoms with Crippen molar-refractivity contribution in [3.05, 3.63) is 60.5 Å². The summed E-state index contributed by atoms with van der Waals surface area (Å²) in [6.07, 6.45) is 1.66. The summed E-state index contributed by atoms with van der Waals surface area (Å²) < 4.78 is 13.0. The van der Waals surface area contributed by atoms with E-state index in [1.54, 1.807) is 12.3 Å². The minimum absolute atomic E-state index is 0.292. The number of aromatic nitrogens is 2. The highest BCUT2D eigenvalue weighted by molar-refractivity contribution is 5.76. The normalized spacial score (nSPS) is 10.6. The van der Waals surface area contributed by atoms with Gasteiger partial charge in [-0.1, -0.05) is 30.3 Å². The Morgan fingerprint density at radius 3 is 2.53 bits per heavy atom. The Hall–Kier alpha value is -2.29. The number of rotatable bonds is 1. The summed E-state index contributed by atoms with van der Waals surface area (Å²) in [7, 11) is 0. The smallest absolute Gasteiger partial charge is 0.125 e. The molecule has 0 bridgehead atoms. The molecule has 0 unspecified atom stereocenters. The largest absolute Gasteiger partial charge is 0.252 e. The molecule has 2 nitrogen and oxygen atoms in total. The van der Waals surface area contributed by atoms with Crippen LogP contribution in [-0.2, 0) is 0 Å². The van der Waals surface area contributed by atoms with Crippen molar-refractivity contribution in [2.24, 2.45) is 0 Å². The first-order valence-electron chi connectivity index (χ1n) is 5.31. The monoisotopic (exact) mass is 224 g/mol. The molecule has 3 rings (SSSR count). The maximum Gasteiger partial charge on any atom is 0.125 e. The third-order valence-electron chi connectivity index (χ3n) is 2.57. The predicted octanol–water partition coefficient (Wildman–Crippen LogP) is 3.44. The molecule has 3 heteroatoms. The Bertz CT molecular complexity index is 665. The summed E-state index contributed by atoms with van der Waals surface area (Å²) in [5, 5.41) is 0. The molecule has 0 fully saturated rings. The van der Waals surface area contributed by atoms with Gasteiger partial charge in [-0.2, -0.15) is 0 Å². The maximum atomic E-state index is 13.0. The van der Waals surface area contributed by atoms with E-state index in [0.29, 0.717) is 11.0 Å². The SMILES string of the molecule is Fc1ccc2nc(-c3ccccc3)cnc2c1. The fourth-order valence-corrected chi connectivity index (χ4v) is 1.73. The van der Waals surface area contributed by atoms with Crippen molar-refractivity contribution in [3.63, 3.8) is 0 Å². The van der Waals surface area contributed by atoms with Gasteiger partial charge in [0, 0.05) is 11.6 Å². The molecule has 0 radical (unpaired) electrons. The van der Waals surface area contributed by atoms with Gasteiger partial charge in [0.15, 0.2) is 0 Å². The number of hydrogen-bond acceptors (Lipinski definition) is 2. The van der Waals surface area contributed by atoms with Crippen molar-refractivity contribution in [2.75, 3.05) is 0 Å². The molecule has 17 heavy (non-hydrogen) atoms. The van der Waals surface area contributed by atoms with Gasteiger partial charge in [0.1, 0.15) is 5.82 Å². The molecule has 0 amide bonds. The summed E-state index contributed by atoms with van der Waals surface area (Å²) in [4.78, 5) is 8.67. The van der Waals surface area contributed by atoms with Gasteiger partial charge in [0.05, 0.1) is 22.9 Å². The van der Waals surface area contributed by atoms with E-state index in [2.05, 4.69) is 9.97 Å². The second-order valence-corrected chi connectivity index (χ2v) is 3.75. The Morgan fingerprint density at radius 1 is 0.882 bits per heavy atom. The van der Waals surface area contributed by atoms with Crippen LogP contribution in [0.4, 0.5) is 4.39 Å². The summed E-state index contributed by atoms with van der Waals surface area (Å²) in [6.45, 7) is 0. The molecule has 82 valence electrons. The molecule has 0 spiro atoms. The number of hydrogen-bond donors (Lipinski definition) is 0. The van der Waals surface area contributed by atoms with Gasteiger partial charge in [0.2, 0.25) is 0 Å². The van der Waals surface area contributed by atoms with Crippen LogP contribution in [0.2, 0.25) is 0 Å². The Kier molecular flexibility index (Phi) is 2.29. The number of benzene rings is 2. The molecule has 2 aromatic carbocycles. The van der Waals surface area contributed by atoms with Crippen LogP contribution in [0.3, 0.4) is 0 Å². The molecule has 0 atom stereocenters. The fraction of sp³-hybridized carbons (Fsp3) is 0. The highest BCUT2D eigenvalue weighted by atomic mass is 19.1. The maximum absolute atomic E-state index is 13.0. The average Bonchev–Trinajstić information content (AvgIpc) is 2.39. The summed E-state index contributed by atoms with van der Waals surface area (Å²) in [5.74, 6) is -0.292. The van der Waals surface area contributed by atoms with E-state index in [9.17, 15) is 4.39 Å². The first-order valence-corrected chi connectivity index (χ1v) is 5.31. The predicted molar refractivity (Wildman–Crippen MR) is 64.9 cm³/mol. The van der Waals surface area contributed by atoms with Crippen molar-refractivity contribution >= 4 is 11.0 Å². The molecule has 0 aliphatic carbocycles. The molecule has 0 aliphatic rings. The van der Waals surface area contributed by atoms with Crippen LogP contribution in [0.15, 0.2) is 54.7 Å². The Morgan fingerprint density at radius 2 is 1.71 bits per heavy atom.